The lowest BCUT2D eigenvalue weighted by molar-refractivity contribution is 0.217. The van der Waals surface area contributed by atoms with E-state index in [0.717, 1.165) is 6.42 Å². The second-order valence-corrected chi connectivity index (χ2v) is 7.84. The molecule has 0 aliphatic carbocycles. The molecule has 0 fully saturated rings. The maximum Gasteiger partial charge on any atom is 0.0228 e. The summed E-state index contributed by atoms with van der Waals surface area (Å²) in [7, 11) is 0. The fraction of sp³-hybridized carbons (Fsp3) is 0.280. The van der Waals surface area contributed by atoms with Gasteiger partial charge in [0.1, 0.15) is 0 Å². The SMILES string of the molecule is Cc1ccccc1CC(C)(C)C(C)(c1ccccc1)c1ccccc1. The maximum atomic E-state index is 2.40. The molecule has 0 saturated carbocycles. The van der Waals surface area contributed by atoms with Crippen LogP contribution in [0.1, 0.15) is 43.0 Å². The first-order valence-corrected chi connectivity index (χ1v) is 9.11. The van der Waals surface area contributed by atoms with Crippen molar-refractivity contribution in [3.05, 3.63) is 107 Å². The average molecular weight is 328 g/mol. The van der Waals surface area contributed by atoms with Gasteiger partial charge in [0, 0.05) is 5.41 Å². The van der Waals surface area contributed by atoms with E-state index in [4.69, 9.17) is 0 Å². The average Bonchev–Trinajstić information content (AvgIpc) is 2.64. The highest BCUT2D eigenvalue weighted by atomic mass is 14.5. The van der Waals surface area contributed by atoms with E-state index in [2.05, 4.69) is 113 Å². The summed E-state index contributed by atoms with van der Waals surface area (Å²) < 4.78 is 0. The molecule has 0 aliphatic heterocycles. The molecule has 0 saturated heterocycles. The molecule has 128 valence electrons. The molecule has 0 aliphatic rings. The molecule has 0 amide bonds. The highest BCUT2D eigenvalue weighted by Gasteiger charge is 2.43. The molecule has 0 aromatic heterocycles. The van der Waals surface area contributed by atoms with Crippen LogP contribution in [0.5, 0.6) is 0 Å². The summed E-state index contributed by atoms with van der Waals surface area (Å²) >= 11 is 0. The molecule has 0 atom stereocenters. The standard InChI is InChI=1S/C25H28/c1-20-13-11-12-14-21(20)19-24(2,3)25(4,22-15-7-5-8-16-22)23-17-9-6-10-18-23/h5-18H,19H2,1-4H3. The Balaban J connectivity index is 2.13. The van der Waals surface area contributed by atoms with Gasteiger partial charge in [0.25, 0.3) is 0 Å². The van der Waals surface area contributed by atoms with E-state index in [-0.39, 0.29) is 10.8 Å². The van der Waals surface area contributed by atoms with E-state index in [9.17, 15) is 0 Å². The number of aryl methyl sites for hydroxylation is 1. The van der Waals surface area contributed by atoms with Crippen LogP contribution in [-0.2, 0) is 11.8 Å². The van der Waals surface area contributed by atoms with Gasteiger partial charge in [-0.25, -0.2) is 0 Å². The van der Waals surface area contributed by atoms with Crippen molar-refractivity contribution in [1.29, 1.82) is 0 Å². The molecule has 0 bridgehead atoms. The number of rotatable bonds is 5. The molecular weight excluding hydrogens is 300 g/mol. The third kappa shape index (κ3) is 3.26. The Morgan fingerprint density at radius 3 is 1.52 bits per heavy atom. The van der Waals surface area contributed by atoms with Crippen LogP contribution in [0.15, 0.2) is 84.9 Å². The van der Waals surface area contributed by atoms with Crippen molar-refractivity contribution < 1.29 is 0 Å². The topological polar surface area (TPSA) is 0 Å². The van der Waals surface area contributed by atoms with Gasteiger partial charge in [-0.05, 0) is 41.0 Å². The first-order chi connectivity index (χ1) is 11.9. The monoisotopic (exact) mass is 328 g/mol. The molecular formula is C25H28. The Bertz CT molecular complexity index is 773. The lowest BCUT2D eigenvalue weighted by atomic mass is 9.57. The quantitative estimate of drug-likeness (QED) is 0.497. The molecule has 0 unspecified atom stereocenters. The number of hydrogen-bond acceptors (Lipinski definition) is 0. The highest BCUT2D eigenvalue weighted by molar-refractivity contribution is 5.42. The van der Waals surface area contributed by atoms with Crippen molar-refractivity contribution in [2.45, 2.75) is 39.5 Å². The predicted molar refractivity (Wildman–Crippen MR) is 108 cm³/mol. The molecule has 0 heteroatoms. The summed E-state index contributed by atoms with van der Waals surface area (Å²) in [4.78, 5) is 0. The first-order valence-electron chi connectivity index (χ1n) is 9.11. The molecule has 25 heavy (non-hydrogen) atoms. The second-order valence-electron chi connectivity index (χ2n) is 7.84. The predicted octanol–water partition coefficient (Wildman–Crippen LogP) is 6.57. The molecule has 0 radical (unpaired) electrons. The molecule has 0 N–H and O–H groups in total. The van der Waals surface area contributed by atoms with E-state index in [0.29, 0.717) is 0 Å². The number of benzene rings is 3. The van der Waals surface area contributed by atoms with Crippen molar-refractivity contribution in [3.8, 4) is 0 Å². The van der Waals surface area contributed by atoms with Crippen LogP contribution >= 0.6 is 0 Å². The normalized spacial score (nSPS) is 12.2. The van der Waals surface area contributed by atoms with Crippen LogP contribution in [0.4, 0.5) is 0 Å². The van der Waals surface area contributed by atoms with Crippen molar-refractivity contribution in [1.82, 2.24) is 0 Å². The molecule has 3 aromatic rings. The first kappa shape index (κ1) is 17.5. The van der Waals surface area contributed by atoms with E-state index in [1.165, 1.54) is 22.3 Å². The van der Waals surface area contributed by atoms with Gasteiger partial charge in [-0.15, -0.1) is 0 Å². The van der Waals surface area contributed by atoms with Gasteiger partial charge in [-0.3, -0.25) is 0 Å². The Morgan fingerprint density at radius 2 is 1.04 bits per heavy atom. The van der Waals surface area contributed by atoms with Gasteiger partial charge in [-0.1, -0.05) is 106 Å². The zero-order valence-corrected chi connectivity index (χ0v) is 15.8. The molecule has 3 aromatic carbocycles. The zero-order chi connectivity index (χ0) is 17.9. The molecule has 0 nitrogen and oxygen atoms in total. The maximum absolute atomic E-state index is 2.40. The van der Waals surface area contributed by atoms with E-state index in [1.54, 1.807) is 0 Å². The summed E-state index contributed by atoms with van der Waals surface area (Å²) in [6, 6.07) is 30.7. The van der Waals surface area contributed by atoms with Gasteiger partial charge in [0.05, 0.1) is 0 Å². The van der Waals surface area contributed by atoms with Gasteiger partial charge < -0.3 is 0 Å². The number of hydrogen-bond donors (Lipinski definition) is 0. The Kier molecular flexibility index (Phi) is 4.81. The van der Waals surface area contributed by atoms with Crippen molar-refractivity contribution in [2.75, 3.05) is 0 Å². The van der Waals surface area contributed by atoms with Crippen LogP contribution in [0.3, 0.4) is 0 Å². The lowest BCUT2D eigenvalue weighted by Gasteiger charge is -2.46. The molecule has 0 heterocycles. The largest absolute Gasteiger partial charge is 0.0622 e. The van der Waals surface area contributed by atoms with Crippen LogP contribution in [0, 0.1) is 12.3 Å². The van der Waals surface area contributed by atoms with E-state index >= 15 is 0 Å². The Hall–Kier alpha value is -2.34. The van der Waals surface area contributed by atoms with Crippen molar-refractivity contribution in [3.63, 3.8) is 0 Å². The van der Waals surface area contributed by atoms with Crippen molar-refractivity contribution in [2.24, 2.45) is 5.41 Å². The summed E-state index contributed by atoms with van der Waals surface area (Å²) in [5, 5.41) is 0. The van der Waals surface area contributed by atoms with E-state index in [1.807, 2.05) is 0 Å². The fourth-order valence-corrected chi connectivity index (χ4v) is 3.95. The summed E-state index contributed by atoms with van der Waals surface area (Å²) in [6.07, 6.45) is 1.04. The van der Waals surface area contributed by atoms with E-state index < -0.39 is 0 Å². The third-order valence-corrected chi connectivity index (χ3v) is 5.95. The van der Waals surface area contributed by atoms with Gasteiger partial charge >= 0.3 is 0 Å². The molecule has 3 rings (SSSR count). The summed E-state index contributed by atoms with van der Waals surface area (Å²) in [5.74, 6) is 0. The molecule has 0 spiro atoms. The van der Waals surface area contributed by atoms with Crippen LogP contribution in [0.25, 0.3) is 0 Å². The fourth-order valence-electron chi connectivity index (χ4n) is 3.95. The summed E-state index contributed by atoms with van der Waals surface area (Å²) in [6.45, 7) is 9.42. The Morgan fingerprint density at radius 1 is 0.600 bits per heavy atom. The van der Waals surface area contributed by atoms with Gasteiger partial charge in [0.2, 0.25) is 0 Å². The van der Waals surface area contributed by atoms with Crippen molar-refractivity contribution >= 4 is 0 Å². The highest BCUT2D eigenvalue weighted by Crippen LogP contribution is 2.48. The summed E-state index contributed by atoms with van der Waals surface area (Å²) in [5.41, 5.74) is 5.55. The zero-order valence-electron chi connectivity index (χ0n) is 15.8. The minimum Gasteiger partial charge on any atom is -0.0622 e. The van der Waals surface area contributed by atoms with Crippen LogP contribution in [-0.4, -0.2) is 0 Å². The minimum absolute atomic E-state index is 0.0574. The smallest absolute Gasteiger partial charge is 0.0228 e. The lowest BCUT2D eigenvalue weighted by Crippen LogP contribution is -2.42. The van der Waals surface area contributed by atoms with Gasteiger partial charge in [0.15, 0.2) is 0 Å². The Labute approximate surface area is 152 Å². The second kappa shape index (κ2) is 6.88. The third-order valence-electron chi connectivity index (χ3n) is 5.95. The van der Waals surface area contributed by atoms with Crippen LogP contribution < -0.4 is 0 Å². The minimum atomic E-state index is -0.0716. The van der Waals surface area contributed by atoms with Gasteiger partial charge in [-0.2, -0.15) is 0 Å². The van der Waals surface area contributed by atoms with Crippen LogP contribution in [0.2, 0.25) is 0 Å².